The summed E-state index contributed by atoms with van der Waals surface area (Å²) in [7, 11) is 0. The Morgan fingerprint density at radius 1 is 1.10 bits per heavy atom. The first-order chi connectivity index (χ1) is 14.3. The molecule has 0 aliphatic carbocycles. The van der Waals surface area contributed by atoms with E-state index in [1.807, 2.05) is 32.0 Å². The summed E-state index contributed by atoms with van der Waals surface area (Å²) in [6.07, 6.45) is 0. The van der Waals surface area contributed by atoms with Gasteiger partial charge in [0.2, 0.25) is 5.91 Å². The molecule has 4 rings (SSSR count). The Bertz CT molecular complexity index is 1050. The minimum absolute atomic E-state index is 0.377. The van der Waals surface area contributed by atoms with Crippen LogP contribution in [0.25, 0.3) is 0 Å². The maximum absolute atomic E-state index is 13.1. The second kappa shape index (κ2) is 7.37. The monoisotopic (exact) mass is 409 g/mol. The topological polar surface area (TPSA) is 97.0 Å². The maximum Gasteiger partial charge on any atom is 0.325 e. The minimum atomic E-state index is -1.30. The fourth-order valence-corrected chi connectivity index (χ4v) is 3.59. The Morgan fingerprint density at radius 3 is 2.60 bits per heavy atom. The molecule has 8 heteroatoms. The van der Waals surface area contributed by atoms with Gasteiger partial charge in [0.05, 0.1) is 0 Å². The van der Waals surface area contributed by atoms with Crippen LogP contribution in [0, 0.1) is 13.8 Å². The normalized spacial score (nSPS) is 20.2. The molecule has 2 N–H and O–H groups in total. The largest absolute Gasteiger partial charge is 0.486 e. The van der Waals surface area contributed by atoms with Gasteiger partial charge in [-0.2, -0.15) is 0 Å². The molecule has 4 amide bonds. The van der Waals surface area contributed by atoms with Crippen molar-refractivity contribution in [3.63, 3.8) is 0 Å². The zero-order valence-corrected chi connectivity index (χ0v) is 17.1. The molecule has 2 aromatic carbocycles. The van der Waals surface area contributed by atoms with Crippen molar-refractivity contribution in [2.75, 3.05) is 25.1 Å². The van der Waals surface area contributed by atoms with Gasteiger partial charge in [0, 0.05) is 5.69 Å². The Hall–Kier alpha value is -3.55. The summed E-state index contributed by atoms with van der Waals surface area (Å²) in [5.41, 5.74) is 1.81. The van der Waals surface area contributed by atoms with E-state index < -0.39 is 23.4 Å². The second-order valence-corrected chi connectivity index (χ2v) is 7.67. The third-order valence-electron chi connectivity index (χ3n) is 5.36. The molecule has 156 valence electrons. The van der Waals surface area contributed by atoms with Gasteiger partial charge >= 0.3 is 6.03 Å². The van der Waals surface area contributed by atoms with Crippen LogP contribution in [0.1, 0.15) is 23.6 Å². The van der Waals surface area contributed by atoms with E-state index in [2.05, 4.69) is 10.6 Å². The number of fused-ring (bicyclic) bond motifs is 1. The van der Waals surface area contributed by atoms with E-state index in [4.69, 9.17) is 9.47 Å². The molecule has 0 unspecified atom stereocenters. The second-order valence-electron chi connectivity index (χ2n) is 7.67. The van der Waals surface area contributed by atoms with Gasteiger partial charge in [0.15, 0.2) is 11.5 Å². The van der Waals surface area contributed by atoms with Crippen LogP contribution in [0.4, 0.5) is 10.5 Å². The zero-order chi connectivity index (χ0) is 21.5. The van der Waals surface area contributed by atoms with Gasteiger partial charge in [-0.3, -0.25) is 14.5 Å². The van der Waals surface area contributed by atoms with Crippen LogP contribution in [-0.4, -0.2) is 42.5 Å². The van der Waals surface area contributed by atoms with Crippen molar-refractivity contribution >= 4 is 23.5 Å². The highest BCUT2D eigenvalue weighted by molar-refractivity contribution is 6.10. The fraction of sp³-hybridized carbons (Fsp3) is 0.318. The van der Waals surface area contributed by atoms with Crippen molar-refractivity contribution < 1.29 is 23.9 Å². The molecule has 0 spiro atoms. The van der Waals surface area contributed by atoms with Gasteiger partial charge in [-0.1, -0.05) is 18.2 Å². The van der Waals surface area contributed by atoms with E-state index in [0.29, 0.717) is 36.0 Å². The number of carbonyl (C=O) groups is 3. The fourth-order valence-electron chi connectivity index (χ4n) is 3.59. The molecule has 0 aromatic heterocycles. The molecule has 0 radical (unpaired) electrons. The Morgan fingerprint density at radius 2 is 1.83 bits per heavy atom. The highest BCUT2D eigenvalue weighted by Gasteiger charge is 2.49. The van der Waals surface area contributed by atoms with Crippen molar-refractivity contribution in [3.8, 4) is 11.5 Å². The molecule has 2 aromatic rings. The Kier molecular flexibility index (Phi) is 4.85. The molecule has 30 heavy (non-hydrogen) atoms. The average Bonchev–Trinajstić information content (AvgIpc) is 2.94. The molecule has 0 bridgehead atoms. The van der Waals surface area contributed by atoms with Gasteiger partial charge in [-0.05, 0) is 55.7 Å². The molecule has 1 atom stereocenters. The number of carbonyl (C=O) groups excluding carboxylic acids is 3. The third-order valence-corrected chi connectivity index (χ3v) is 5.36. The SMILES string of the molecule is Cc1ccc(C)c(NC(=O)CN2C(=O)N[C@@](C)(c3ccc4c(c3)OCCO4)C2=O)c1. The first-order valence-electron chi connectivity index (χ1n) is 9.69. The summed E-state index contributed by atoms with van der Waals surface area (Å²) in [6.45, 7) is 5.91. The maximum atomic E-state index is 13.1. The number of amides is 4. The highest BCUT2D eigenvalue weighted by atomic mass is 16.6. The van der Waals surface area contributed by atoms with Crippen molar-refractivity contribution in [3.05, 3.63) is 53.1 Å². The number of aryl methyl sites for hydroxylation is 2. The van der Waals surface area contributed by atoms with E-state index >= 15 is 0 Å². The number of imide groups is 1. The predicted octanol–water partition coefficient (Wildman–Crippen LogP) is 2.48. The molecule has 2 heterocycles. The number of hydrogen-bond donors (Lipinski definition) is 2. The lowest BCUT2D eigenvalue weighted by Gasteiger charge is -2.25. The summed E-state index contributed by atoms with van der Waals surface area (Å²) in [6, 6.07) is 10.2. The lowest BCUT2D eigenvalue weighted by molar-refractivity contribution is -0.133. The summed E-state index contributed by atoms with van der Waals surface area (Å²) >= 11 is 0. The standard InChI is InChI=1S/C22H23N3O5/c1-13-4-5-14(2)16(10-13)23-19(26)12-25-20(27)22(3,24-21(25)28)15-6-7-17-18(11-15)30-9-8-29-17/h4-7,10-11H,8-9,12H2,1-3H3,(H,23,26)(H,24,28)/t22-/m0/s1. The first kappa shape index (κ1) is 19.8. The van der Waals surface area contributed by atoms with Gasteiger partial charge in [-0.25, -0.2) is 4.79 Å². The number of benzene rings is 2. The molecule has 2 aliphatic heterocycles. The van der Waals surface area contributed by atoms with E-state index in [1.54, 1.807) is 25.1 Å². The molecule has 1 fully saturated rings. The van der Waals surface area contributed by atoms with Crippen LogP contribution in [0.15, 0.2) is 36.4 Å². The number of nitrogens with zero attached hydrogens (tertiary/aromatic N) is 1. The van der Waals surface area contributed by atoms with Gasteiger partial charge < -0.3 is 20.1 Å². The van der Waals surface area contributed by atoms with Gasteiger partial charge in [0.1, 0.15) is 25.3 Å². The van der Waals surface area contributed by atoms with E-state index in [9.17, 15) is 14.4 Å². The van der Waals surface area contributed by atoms with E-state index in [-0.39, 0.29) is 6.54 Å². The zero-order valence-electron chi connectivity index (χ0n) is 17.1. The summed E-state index contributed by atoms with van der Waals surface area (Å²) in [5.74, 6) is 0.169. The molecule has 2 aliphatic rings. The van der Waals surface area contributed by atoms with Crippen LogP contribution in [0.5, 0.6) is 11.5 Å². The van der Waals surface area contributed by atoms with E-state index in [1.165, 1.54) is 0 Å². The smallest absolute Gasteiger partial charge is 0.325 e. The number of rotatable bonds is 4. The average molecular weight is 409 g/mol. The third kappa shape index (κ3) is 3.45. The molecule has 1 saturated heterocycles. The van der Waals surface area contributed by atoms with Crippen molar-refractivity contribution in [2.45, 2.75) is 26.3 Å². The van der Waals surface area contributed by atoms with Crippen LogP contribution in [-0.2, 0) is 15.1 Å². The van der Waals surface area contributed by atoms with Crippen molar-refractivity contribution in [1.29, 1.82) is 0 Å². The van der Waals surface area contributed by atoms with Crippen LogP contribution in [0.2, 0.25) is 0 Å². The van der Waals surface area contributed by atoms with E-state index in [0.717, 1.165) is 16.0 Å². The number of ether oxygens (including phenoxy) is 2. The first-order valence-corrected chi connectivity index (χ1v) is 9.69. The quantitative estimate of drug-likeness (QED) is 0.757. The van der Waals surface area contributed by atoms with Gasteiger partial charge in [0.25, 0.3) is 5.91 Å². The highest BCUT2D eigenvalue weighted by Crippen LogP contribution is 2.36. The lowest BCUT2D eigenvalue weighted by Crippen LogP contribution is -2.42. The molecular formula is C22H23N3O5. The van der Waals surface area contributed by atoms with Crippen LogP contribution in [0.3, 0.4) is 0 Å². The lowest BCUT2D eigenvalue weighted by atomic mass is 9.91. The van der Waals surface area contributed by atoms with Gasteiger partial charge in [-0.15, -0.1) is 0 Å². The number of hydrogen-bond acceptors (Lipinski definition) is 5. The summed E-state index contributed by atoms with van der Waals surface area (Å²) < 4.78 is 11.1. The summed E-state index contributed by atoms with van der Waals surface area (Å²) in [5, 5.41) is 5.48. The number of urea groups is 1. The molecule has 0 saturated carbocycles. The Balaban J connectivity index is 1.52. The van der Waals surface area contributed by atoms with Crippen LogP contribution >= 0.6 is 0 Å². The molecule has 8 nitrogen and oxygen atoms in total. The summed E-state index contributed by atoms with van der Waals surface area (Å²) in [4.78, 5) is 39.1. The minimum Gasteiger partial charge on any atom is -0.486 e. The van der Waals surface area contributed by atoms with Crippen LogP contribution < -0.4 is 20.1 Å². The van der Waals surface area contributed by atoms with Crippen molar-refractivity contribution in [1.82, 2.24) is 10.2 Å². The molecular weight excluding hydrogens is 386 g/mol. The van der Waals surface area contributed by atoms with Crippen molar-refractivity contribution in [2.24, 2.45) is 0 Å². The number of nitrogens with one attached hydrogen (secondary N) is 2. The predicted molar refractivity (Wildman–Crippen MR) is 110 cm³/mol. The Labute approximate surface area is 174 Å². The number of anilines is 1.